The summed E-state index contributed by atoms with van der Waals surface area (Å²) >= 11 is 5.95. The predicted molar refractivity (Wildman–Crippen MR) is 73.5 cm³/mol. The summed E-state index contributed by atoms with van der Waals surface area (Å²) in [4.78, 5) is 0. The Bertz CT molecular complexity index is 554. The summed E-state index contributed by atoms with van der Waals surface area (Å²) < 4.78 is 13.9. The normalized spacial score (nSPS) is 12.4. The third-order valence-electron chi connectivity index (χ3n) is 3.06. The highest BCUT2D eigenvalue weighted by Gasteiger charge is 2.17. The van der Waals surface area contributed by atoms with Gasteiger partial charge in [0.05, 0.1) is 6.04 Å². The van der Waals surface area contributed by atoms with Crippen molar-refractivity contribution >= 4 is 11.6 Å². The molecule has 0 aliphatic rings. The molecule has 0 fully saturated rings. The Balaban J connectivity index is 2.52. The Kier molecular flexibility index (Phi) is 4.00. The maximum atomic E-state index is 13.9. The van der Waals surface area contributed by atoms with E-state index < -0.39 is 0 Å². The molecule has 2 aromatic carbocycles. The molecule has 2 rings (SSSR count). The van der Waals surface area contributed by atoms with Crippen LogP contribution in [0.15, 0.2) is 42.5 Å². The van der Waals surface area contributed by atoms with Gasteiger partial charge in [0.1, 0.15) is 5.82 Å². The summed E-state index contributed by atoms with van der Waals surface area (Å²) in [6.45, 7) is 2.02. The molecule has 1 N–H and O–H groups in total. The van der Waals surface area contributed by atoms with Crippen molar-refractivity contribution in [3.8, 4) is 0 Å². The van der Waals surface area contributed by atoms with Gasteiger partial charge < -0.3 is 5.32 Å². The van der Waals surface area contributed by atoms with Crippen LogP contribution in [0.1, 0.15) is 22.7 Å². The lowest BCUT2D eigenvalue weighted by molar-refractivity contribution is 0.575. The number of aryl methyl sites for hydroxylation is 1. The van der Waals surface area contributed by atoms with Gasteiger partial charge in [0.2, 0.25) is 0 Å². The fourth-order valence-corrected chi connectivity index (χ4v) is 2.31. The van der Waals surface area contributed by atoms with Crippen LogP contribution in [-0.4, -0.2) is 7.05 Å². The van der Waals surface area contributed by atoms with E-state index in [1.54, 1.807) is 12.1 Å². The van der Waals surface area contributed by atoms with Gasteiger partial charge in [-0.25, -0.2) is 4.39 Å². The maximum absolute atomic E-state index is 13.9. The lowest BCUT2D eigenvalue weighted by Crippen LogP contribution is -2.19. The van der Waals surface area contributed by atoms with E-state index in [0.29, 0.717) is 10.6 Å². The standard InChI is InChI=1S/C15H15ClFN/c1-10-5-3-4-6-12(10)15(18-2)13-9-11(16)7-8-14(13)17/h3-9,15,18H,1-2H3. The van der Waals surface area contributed by atoms with Crippen molar-refractivity contribution in [2.75, 3.05) is 7.05 Å². The Morgan fingerprint density at radius 3 is 2.50 bits per heavy atom. The molecule has 1 unspecified atom stereocenters. The number of nitrogens with one attached hydrogen (secondary N) is 1. The second kappa shape index (κ2) is 5.51. The summed E-state index contributed by atoms with van der Waals surface area (Å²) in [6.07, 6.45) is 0. The minimum absolute atomic E-state index is 0.190. The van der Waals surface area contributed by atoms with Crippen LogP contribution in [-0.2, 0) is 0 Å². The molecule has 0 heterocycles. The zero-order valence-electron chi connectivity index (χ0n) is 10.4. The molecule has 0 spiro atoms. The smallest absolute Gasteiger partial charge is 0.128 e. The van der Waals surface area contributed by atoms with Crippen molar-refractivity contribution in [2.45, 2.75) is 13.0 Å². The second-order valence-corrected chi connectivity index (χ2v) is 4.68. The fourth-order valence-electron chi connectivity index (χ4n) is 2.13. The van der Waals surface area contributed by atoms with Crippen molar-refractivity contribution in [1.82, 2.24) is 5.32 Å². The first-order valence-corrected chi connectivity index (χ1v) is 6.19. The molecule has 0 aliphatic heterocycles. The van der Waals surface area contributed by atoms with Crippen LogP contribution in [0.25, 0.3) is 0 Å². The summed E-state index contributed by atoms with van der Waals surface area (Å²) in [5, 5.41) is 3.69. The molecule has 0 amide bonds. The summed E-state index contributed by atoms with van der Waals surface area (Å²) in [5.74, 6) is -0.248. The van der Waals surface area contributed by atoms with E-state index in [9.17, 15) is 4.39 Å². The van der Waals surface area contributed by atoms with Gasteiger partial charge in [-0.1, -0.05) is 35.9 Å². The monoisotopic (exact) mass is 263 g/mol. The Hall–Kier alpha value is -1.38. The molecule has 0 aromatic heterocycles. The van der Waals surface area contributed by atoms with E-state index in [2.05, 4.69) is 5.32 Å². The molecule has 1 atom stereocenters. The molecule has 0 saturated heterocycles. The molecule has 0 aliphatic carbocycles. The van der Waals surface area contributed by atoms with Crippen LogP contribution < -0.4 is 5.32 Å². The largest absolute Gasteiger partial charge is 0.309 e. The lowest BCUT2D eigenvalue weighted by Gasteiger charge is -2.20. The molecule has 0 saturated carbocycles. The third kappa shape index (κ3) is 2.55. The molecule has 1 nitrogen and oxygen atoms in total. The van der Waals surface area contributed by atoms with Crippen LogP contribution >= 0.6 is 11.6 Å². The Labute approximate surface area is 112 Å². The average molecular weight is 264 g/mol. The highest BCUT2D eigenvalue weighted by atomic mass is 35.5. The zero-order valence-corrected chi connectivity index (χ0v) is 11.1. The minimum Gasteiger partial charge on any atom is -0.309 e. The van der Waals surface area contributed by atoms with Gasteiger partial charge in [0.25, 0.3) is 0 Å². The first kappa shape index (κ1) is 13.1. The van der Waals surface area contributed by atoms with Gasteiger partial charge >= 0.3 is 0 Å². The molecule has 94 valence electrons. The van der Waals surface area contributed by atoms with Crippen molar-refractivity contribution in [1.29, 1.82) is 0 Å². The first-order chi connectivity index (χ1) is 8.63. The van der Waals surface area contributed by atoms with E-state index in [1.165, 1.54) is 6.07 Å². The summed E-state index contributed by atoms with van der Waals surface area (Å²) in [7, 11) is 1.82. The third-order valence-corrected chi connectivity index (χ3v) is 3.29. The Morgan fingerprint density at radius 1 is 1.11 bits per heavy atom. The predicted octanol–water partition coefficient (Wildman–Crippen LogP) is 4.10. The molecule has 0 radical (unpaired) electrons. The van der Waals surface area contributed by atoms with Gasteiger partial charge in [0.15, 0.2) is 0 Å². The van der Waals surface area contributed by atoms with Crippen LogP contribution in [0.4, 0.5) is 4.39 Å². The van der Waals surface area contributed by atoms with Crippen LogP contribution in [0.5, 0.6) is 0 Å². The van der Waals surface area contributed by atoms with Crippen LogP contribution in [0.3, 0.4) is 0 Å². The minimum atomic E-state index is -0.248. The number of hydrogen-bond acceptors (Lipinski definition) is 1. The van der Waals surface area contributed by atoms with Gasteiger partial charge in [-0.2, -0.15) is 0 Å². The number of halogens is 2. The summed E-state index contributed by atoms with van der Waals surface area (Å²) in [5.41, 5.74) is 2.75. The molecule has 0 bridgehead atoms. The van der Waals surface area contributed by atoms with E-state index in [4.69, 9.17) is 11.6 Å². The van der Waals surface area contributed by atoms with Crippen LogP contribution in [0.2, 0.25) is 5.02 Å². The van der Waals surface area contributed by atoms with Crippen molar-refractivity contribution in [3.63, 3.8) is 0 Å². The first-order valence-electron chi connectivity index (χ1n) is 5.81. The highest BCUT2D eigenvalue weighted by Crippen LogP contribution is 2.28. The second-order valence-electron chi connectivity index (χ2n) is 4.24. The van der Waals surface area contributed by atoms with Crippen LogP contribution in [0, 0.1) is 12.7 Å². The molecular weight excluding hydrogens is 249 g/mol. The van der Waals surface area contributed by atoms with Crippen molar-refractivity contribution in [3.05, 3.63) is 70.0 Å². The SMILES string of the molecule is CNC(c1ccccc1C)c1cc(Cl)ccc1F. The van der Waals surface area contributed by atoms with E-state index >= 15 is 0 Å². The van der Waals surface area contributed by atoms with E-state index in [0.717, 1.165) is 11.1 Å². The molecule has 2 aromatic rings. The quantitative estimate of drug-likeness (QED) is 0.879. The van der Waals surface area contributed by atoms with Gasteiger partial charge in [-0.3, -0.25) is 0 Å². The lowest BCUT2D eigenvalue weighted by atomic mass is 9.95. The zero-order chi connectivity index (χ0) is 13.1. The van der Waals surface area contributed by atoms with Gasteiger partial charge in [0, 0.05) is 10.6 Å². The number of rotatable bonds is 3. The average Bonchev–Trinajstić information content (AvgIpc) is 2.36. The number of benzene rings is 2. The number of hydrogen-bond donors (Lipinski definition) is 1. The summed E-state index contributed by atoms with van der Waals surface area (Å²) in [6, 6.07) is 12.4. The van der Waals surface area contributed by atoms with E-state index in [-0.39, 0.29) is 11.9 Å². The molecule has 18 heavy (non-hydrogen) atoms. The topological polar surface area (TPSA) is 12.0 Å². The maximum Gasteiger partial charge on any atom is 0.128 e. The molecular formula is C15H15ClFN. The molecule has 3 heteroatoms. The Morgan fingerprint density at radius 2 is 1.83 bits per heavy atom. The highest BCUT2D eigenvalue weighted by molar-refractivity contribution is 6.30. The van der Waals surface area contributed by atoms with Crippen molar-refractivity contribution < 1.29 is 4.39 Å². The van der Waals surface area contributed by atoms with Gasteiger partial charge in [-0.05, 0) is 43.3 Å². The van der Waals surface area contributed by atoms with E-state index in [1.807, 2.05) is 38.2 Å². The fraction of sp³-hybridized carbons (Fsp3) is 0.200. The van der Waals surface area contributed by atoms with Crippen molar-refractivity contribution in [2.24, 2.45) is 0 Å². The van der Waals surface area contributed by atoms with Gasteiger partial charge in [-0.15, -0.1) is 0 Å².